The molecule has 0 bridgehead atoms. The zero-order chi connectivity index (χ0) is 19.5. The molecule has 0 unspecified atom stereocenters. The molecule has 0 aliphatic carbocycles. The maximum absolute atomic E-state index is 12.8. The third kappa shape index (κ3) is 4.18. The number of nitrogens with one attached hydrogen (secondary N) is 1. The van der Waals surface area contributed by atoms with Crippen molar-refractivity contribution in [3.63, 3.8) is 0 Å². The van der Waals surface area contributed by atoms with E-state index in [0.29, 0.717) is 18.2 Å². The quantitative estimate of drug-likeness (QED) is 0.693. The Bertz CT molecular complexity index is 905. The van der Waals surface area contributed by atoms with Gasteiger partial charge in [-0.2, -0.15) is 5.10 Å². The second kappa shape index (κ2) is 8.28. The Morgan fingerprint density at radius 1 is 1.25 bits per heavy atom. The Hall–Kier alpha value is -2.45. The van der Waals surface area contributed by atoms with Gasteiger partial charge in [0.25, 0.3) is 5.91 Å². The number of nitrogens with zero attached hydrogens (tertiary/aromatic N) is 5. The summed E-state index contributed by atoms with van der Waals surface area (Å²) in [4.78, 5) is 22.9. The number of rotatable bonds is 6. The highest BCUT2D eigenvalue weighted by Gasteiger charge is 2.24. The average molecular weight is 399 g/mol. The summed E-state index contributed by atoms with van der Waals surface area (Å²) < 4.78 is 2.09. The third-order valence-corrected chi connectivity index (χ3v) is 5.93. The zero-order valence-electron chi connectivity index (χ0n) is 16.3. The van der Waals surface area contributed by atoms with Crippen LogP contribution in [-0.4, -0.2) is 61.6 Å². The highest BCUT2D eigenvalue weighted by Crippen LogP contribution is 2.16. The van der Waals surface area contributed by atoms with Crippen LogP contribution in [0.3, 0.4) is 0 Å². The van der Waals surface area contributed by atoms with Gasteiger partial charge >= 0.3 is 0 Å². The fourth-order valence-electron chi connectivity index (χ4n) is 3.58. The Kier molecular flexibility index (Phi) is 5.59. The van der Waals surface area contributed by atoms with Crippen LogP contribution in [0.5, 0.6) is 0 Å². The van der Waals surface area contributed by atoms with Crippen molar-refractivity contribution in [3.8, 4) is 0 Å². The van der Waals surface area contributed by atoms with Gasteiger partial charge in [0.15, 0.2) is 0 Å². The van der Waals surface area contributed by atoms with Crippen LogP contribution in [-0.2, 0) is 13.1 Å². The summed E-state index contributed by atoms with van der Waals surface area (Å²) >= 11 is 1.78. The molecular formula is C20H26N6OS. The lowest BCUT2D eigenvalue weighted by Gasteiger charge is -2.34. The topological polar surface area (TPSA) is 70.1 Å². The highest BCUT2D eigenvalue weighted by molar-refractivity contribution is 7.09. The van der Waals surface area contributed by atoms with Gasteiger partial charge in [-0.05, 0) is 17.5 Å². The molecule has 1 fully saturated rings. The number of amides is 1. The first kappa shape index (κ1) is 18.9. The lowest BCUT2D eigenvalue weighted by atomic mass is 10.2. The number of aromatic nitrogens is 4. The van der Waals surface area contributed by atoms with Crippen molar-refractivity contribution in [2.24, 2.45) is 0 Å². The number of aromatic amines is 1. The molecule has 0 atom stereocenters. The fraction of sp³-hybridized carbons (Fsp3) is 0.450. The monoisotopic (exact) mass is 398 g/mol. The molecule has 8 heteroatoms. The maximum atomic E-state index is 12.8. The van der Waals surface area contributed by atoms with E-state index in [-0.39, 0.29) is 5.91 Å². The van der Waals surface area contributed by atoms with Crippen LogP contribution in [0.4, 0.5) is 0 Å². The highest BCUT2D eigenvalue weighted by atomic mass is 32.1. The molecule has 1 N–H and O–H groups in total. The van der Waals surface area contributed by atoms with Crippen LogP contribution in [0.25, 0.3) is 0 Å². The number of H-pyrrole nitrogens is 1. The van der Waals surface area contributed by atoms with Gasteiger partial charge in [-0.15, -0.1) is 11.3 Å². The molecule has 0 spiro atoms. The summed E-state index contributed by atoms with van der Waals surface area (Å²) in [5.74, 6) is 1.39. The molecule has 0 aromatic carbocycles. The summed E-state index contributed by atoms with van der Waals surface area (Å²) in [6.07, 6.45) is 3.78. The maximum Gasteiger partial charge on any atom is 0.274 e. The van der Waals surface area contributed by atoms with Crippen molar-refractivity contribution >= 4 is 17.2 Å². The first-order valence-corrected chi connectivity index (χ1v) is 10.6. The molecule has 1 aliphatic heterocycles. The molecule has 28 heavy (non-hydrogen) atoms. The largest absolute Gasteiger partial charge is 0.335 e. The van der Waals surface area contributed by atoms with E-state index in [4.69, 9.17) is 0 Å². The Labute approximate surface area is 169 Å². The van der Waals surface area contributed by atoms with Gasteiger partial charge < -0.3 is 9.47 Å². The fourth-order valence-corrected chi connectivity index (χ4v) is 4.33. The van der Waals surface area contributed by atoms with Crippen molar-refractivity contribution in [3.05, 3.63) is 58.1 Å². The zero-order valence-corrected chi connectivity index (χ0v) is 17.2. The van der Waals surface area contributed by atoms with Crippen LogP contribution in [0.2, 0.25) is 0 Å². The van der Waals surface area contributed by atoms with Crippen molar-refractivity contribution in [1.82, 2.24) is 29.5 Å². The van der Waals surface area contributed by atoms with Gasteiger partial charge in [-0.3, -0.25) is 14.8 Å². The summed E-state index contributed by atoms with van der Waals surface area (Å²) in [5, 5.41) is 9.39. The van der Waals surface area contributed by atoms with Crippen LogP contribution in [0, 0.1) is 0 Å². The number of imidazole rings is 1. The molecule has 7 nitrogen and oxygen atoms in total. The number of carbonyl (C=O) groups excluding carboxylic acids is 1. The SMILES string of the molecule is CC(C)c1nccn1Cc1cc(C(=O)N2CCN(Cc3cccs3)CC2)n[nH]1. The van der Waals surface area contributed by atoms with Crippen molar-refractivity contribution in [2.75, 3.05) is 26.2 Å². The van der Waals surface area contributed by atoms with Crippen LogP contribution in [0.1, 0.15) is 46.6 Å². The Morgan fingerprint density at radius 3 is 2.79 bits per heavy atom. The molecule has 1 aliphatic rings. The molecule has 3 aromatic heterocycles. The predicted octanol–water partition coefficient (Wildman–Crippen LogP) is 2.80. The second-order valence-electron chi connectivity index (χ2n) is 7.49. The minimum absolute atomic E-state index is 0.00740. The van der Waals surface area contributed by atoms with E-state index in [0.717, 1.165) is 44.2 Å². The lowest BCUT2D eigenvalue weighted by molar-refractivity contribution is 0.0624. The van der Waals surface area contributed by atoms with Crippen molar-refractivity contribution in [2.45, 2.75) is 32.9 Å². The van der Waals surface area contributed by atoms with E-state index in [9.17, 15) is 4.79 Å². The van der Waals surface area contributed by atoms with Crippen LogP contribution < -0.4 is 0 Å². The van der Waals surface area contributed by atoms with E-state index in [2.05, 4.69) is 56.0 Å². The van der Waals surface area contributed by atoms with E-state index in [1.54, 1.807) is 11.3 Å². The van der Waals surface area contributed by atoms with Gasteiger partial charge in [-0.1, -0.05) is 19.9 Å². The van der Waals surface area contributed by atoms with Gasteiger partial charge in [0, 0.05) is 55.9 Å². The Morgan fingerprint density at radius 2 is 2.07 bits per heavy atom. The molecule has 148 valence electrons. The van der Waals surface area contributed by atoms with Crippen molar-refractivity contribution in [1.29, 1.82) is 0 Å². The van der Waals surface area contributed by atoms with E-state index >= 15 is 0 Å². The molecule has 0 radical (unpaired) electrons. The summed E-state index contributed by atoms with van der Waals surface area (Å²) in [6, 6.07) is 6.12. The number of piperazine rings is 1. The summed E-state index contributed by atoms with van der Waals surface area (Å²) in [5.41, 5.74) is 1.41. The predicted molar refractivity (Wildman–Crippen MR) is 110 cm³/mol. The number of thiophene rings is 1. The molecular weight excluding hydrogens is 372 g/mol. The van der Waals surface area contributed by atoms with E-state index in [1.165, 1.54) is 4.88 Å². The second-order valence-corrected chi connectivity index (χ2v) is 8.53. The van der Waals surface area contributed by atoms with Gasteiger partial charge in [0.05, 0.1) is 12.2 Å². The van der Waals surface area contributed by atoms with E-state index in [1.807, 2.05) is 23.4 Å². The molecule has 4 heterocycles. The average Bonchev–Trinajstić information content (AvgIpc) is 3.44. The number of hydrogen-bond donors (Lipinski definition) is 1. The molecule has 0 saturated carbocycles. The molecule has 1 amide bonds. The van der Waals surface area contributed by atoms with Gasteiger partial charge in [0.1, 0.15) is 11.5 Å². The summed E-state index contributed by atoms with van der Waals surface area (Å²) in [7, 11) is 0. The van der Waals surface area contributed by atoms with Crippen LogP contribution in [0.15, 0.2) is 36.0 Å². The normalized spacial score (nSPS) is 15.5. The molecule has 3 aromatic rings. The molecule has 4 rings (SSSR count). The third-order valence-electron chi connectivity index (χ3n) is 5.07. The lowest BCUT2D eigenvalue weighted by Crippen LogP contribution is -2.48. The minimum atomic E-state index is 0.00740. The van der Waals surface area contributed by atoms with Crippen molar-refractivity contribution < 1.29 is 4.79 Å². The molecule has 1 saturated heterocycles. The number of carbonyl (C=O) groups is 1. The number of hydrogen-bond acceptors (Lipinski definition) is 5. The van der Waals surface area contributed by atoms with Gasteiger partial charge in [0.2, 0.25) is 0 Å². The minimum Gasteiger partial charge on any atom is -0.335 e. The standard InChI is InChI=1S/C20H26N6OS/c1-15(2)19-21-5-6-26(19)13-16-12-18(23-22-16)20(27)25-9-7-24(8-10-25)14-17-4-3-11-28-17/h3-6,11-12,15H,7-10,13-14H2,1-2H3,(H,22,23). The Balaban J connectivity index is 1.34. The van der Waals surface area contributed by atoms with E-state index < -0.39 is 0 Å². The van der Waals surface area contributed by atoms with Gasteiger partial charge in [-0.25, -0.2) is 4.98 Å². The smallest absolute Gasteiger partial charge is 0.274 e. The van der Waals surface area contributed by atoms with Crippen LogP contribution >= 0.6 is 11.3 Å². The summed E-state index contributed by atoms with van der Waals surface area (Å²) in [6.45, 7) is 9.13. The first-order valence-electron chi connectivity index (χ1n) is 9.69. The first-order chi connectivity index (χ1) is 13.6.